The maximum atomic E-state index is 5.75. The number of rotatable bonds is 7. The van der Waals surface area contributed by atoms with Gasteiger partial charge >= 0.3 is 0 Å². The summed E-state index contributed by atoms with van der Waals surface area (Å²) in [5.41, 5.74) is 6.86. The van der Waals surface area contributed by atoms with E-state index < -0.39 is 0 Å². The normalized spacial score (nSPS) is 17.2. The van der Waals surface area contributed by atoms with Crippen molar-refractivity contribution in [1.82, 2.24) is 9.80 Å². The second-order valence-electron chi connectivity index (χ2n) is 6.13. The average Bonchev–Trinajstić information content (AvgIpc) is 2.33. The highest BCUT2D eigenvalue weighted by molar-refractivity contribution is 5.43. The first kappa shape index (κ1) is 15.1. The Hall–Kier alpha value is -1.26. The molecule has 2 N–H and O–H groups in total. The second kappa shape index (κ2) is 6.46. The van der Waals surface area contributed by atoms with Gasteiger partial charge in [-0.15, -0.1) is 0 Å². The first-order valence-electron chi connectivity index (χ1n) is 7.36. The third-order valence-corrected chi connectivity index (χ3v) is 4.40. The van der Waals surface area contributed by atoms with E-state index in [-0.39, 0.29) is 0 Å². The molecular weight excluding hydrogens is 250 g/mol. The SMILES string of the molecule is CN(CCOc1cccc(N)c1)CC1(N(C)C)CCC1. The molecule has 0 spiro atoms. The predicted molar refractivity (Wildman–Crippen MR) is 84.1 cm³/mol. The number of anilines is 1. The van der Waals surface area contributed by atoms with Crippen molar-refractivity contribution >= 4 is 5.69 Å². The number of hydrogen-bond donors (Lipinski definition) is 1. The van der Waals surface area contributed by atoms with Crippen molar-refractivity contribution < 1.29 is 4.74 Å². The summed E-state index contributed by atoms with van der Waals surface area (Å²) in [7, 11) is 6.55. The van der Waals surface area contributed by atoms with Crippen LogP contribution in [0, 0.1) is 0 Å². The standard InChI is InChI=1S/C16H27N3O/c1-18(2)16(8-5-9-16)13-19(3)10-11-20-15-7-4-6-14(17)12-15/h4,6-7,12H,5,8-11,13,17H2,1-3H3. The van der Waals surface area contributed by atoms with Gasteiger partial charge in [0.1, 0.15) is 12.4 Å². The predicted octanol–water partition coefficient (Wildman–Crippen LogP) is 2.06. The Morgan fingerprint density at radius 1 is 1.25 bits per heavy atom. The van der Waals surface area contributed by atoms with Crippen LogP contribution in [-0.2, 0) is 0 Å². The molecule has 1 saturated carbocycles. The Morgan fingerprint density at radius 3 is 2.55 bits per heavy atom. The van der Waals surface area contributed by atoms with Crippen molar-refractivity contribution in [3.8, 4) is 5.75 Å². The Bertz CT molecular complexity index is 429. The molecule has 0 aliphatic heterocycles. The summed E-state index contributed by atoms with van der Waals surface area (Å²) in [4.78, 5) is 4.75. The number of benzene rings is 1. The topological polar surface area (TPSA) is 41.7 Å². The van der Waals surface area contributed by atoms with E-state index in [1.165, 1.54) is 19.3 Å². The quantitative estimate of drug-likeness (QED) is 0.775. The molecule has 0 aromatic heterocycles. The summed E-state index contributed by atoms with van der Waals surface area (Å²) < 4.78 is 5.75. The minimum Gasteiger partial charge on any atom is -0.492 e. The molecule has 20 heavy (non-hydrogen) atoms. The zero-order valence-electron chi connectivity index (χ0n) is 12.9. The summed E-state index contributed by atoms with van der Waals surface area (Å²) >= 11 is 0. The molecule has 0 atom stereocenters. The molecule has 1 aliphatic carbocycles. The molecule has 1 aliphatic rings. The summed E-state index contributed by atoms with van der Waals surface area (Å²) in [6.07, 6.45) is 3.96. The maximum Gasteiger partial charge on any atom is 0.121 e. The lowest BCUT2D eigenvalue weighted by atomic mass is 9.75. The van der Waals surface area contributed by atoms with Crippen LogP contribution >= 0.6 is 0 Å². The van der Waals surface area contributed by atoms with E-state index in [1.54, 1.807) is 0 Å². The smallest absolute Gasteiger partial charge is 0.121 e. The molecule has 2 rings (SSSR count). The summed E-state index contributed by atoms with van der Waals surface area (Å²) in [5.74, 6) is 0.851. The first-order chi connectivity index (χ1) is 9.52. The van der Waals surface area contributed by atoms with Crippen LogP contribution in [-0.4, -0.2) is 56.2 Å². The van der Waals surface area contributed by atoms with Gasteiger partial charge in [-0.05, 0) is 52.5 Å². The molecule has 1 fully saturated rings. The highest BCUT2D eigenvalue weighted by Gasteiger charge is 2.39. The number of nitrogens with two attached hydrogens (primary N) is 1. The van der Waals surface area contributed by atoms with Gasteiger partial charge in [-0.2, -0.15) is 0 Å². The monoisotopic (exact) mass is 277 g/mol. The van der Waals surface area contributed by atoms with Gasteiger partial charge in [-0.1, -0.05) is 6.07 Å². The largest absolute Gasteiger partial charge is 0.492 e. The zero-order valence-corrected chi connectivity index (χ0v) is 12.9. The van der Waals surface area contributed by atoms with E-state index in [4.69, 9.17) is 10.5 Å². The van der Waals surface area contributed by atoms with Gasteiger partial charge in [0.05, 0.1) is 0 Å². The van der Waals surface area contributed by atoms with E-state index in [9.17, 15) is 0 Å². The van der Waals surface area contributed by atoms with E-state index in [1.807, 2.05) is 24.3 Å². The molecule has 112 valence electrons. The van der Waals surface area contributed by atoms with Gasteiger partial charge in [-0.25, -0.2) is 0 Å². The van der Waals surface area contributed by atoms with Gasteiger partial charge in [-0.3, -0.25) is 0 Å². The highest BCUT2D eigenvalue weighted by atomic mass is 16.5. The van der Waals surface area contributed by atoms with Crippen LogP contribution < -0.4 is 10.5 Å². The average molecular weight is 277 g/mol. The summed E-state index contributed by atoms with van der Waals surface area (Å²) in [6, 6.07) is 7.61. The van der Waals surface area contributed by atoms with Crippen LogP contribution in [0.2, 0.25) is 0 Å². The van der Waals surface area contributed by atoms with Gasteiger partial charge in [0.25, 0.3) is 0 Å². The van der Waals surface area contributed by atoms with E-state index in [0.29, 0.717) is 12.1 Å². The second-order valence-corrected chi connectivity index (χ2v) is 6.13. The van der Waals surface area contributed by atoms with Crippen molar-refractivity contribution in [3.63, 3.8) is 0 Å². The molecule has 0 saturated heterocycles. The molecule has 4 heteroatoms. The minimum absolute atomic E-state index is 0.381. The van der Waals surface area contributed by atoms with E-state index >= 15 is 0 Å². The molecule has 1 aromatic carbocycles. The number of nitrogen functional groups attached to an aromatic ring is 1. The van der Waals surface area contributed by atoms with Crippen LogP contribution in [0.1, 0.15) is 19.3 Å². The van der Waals surface area contributed by atoms with Crippen LogP contribution in [0.5, 0.6) is 5.75 Å². The highest BCUT2D eigenvalue weighted by Crippen LogP contribution is 2.36. The van der Waals surface area contributed by atoms with Crippen molar-refractivity contribution in [2.24, 2.45) is 0 Å². The minimum atomic E-state index is 0.381. The first-order valence-corrected chi connectivity index (χ1v) is 7.36. The molecule has 0 unspecified atom stereocenters. The molecule has 0 bridgehead atoms. The number of ether oxygens (including phenoxy) is 1. The van der Waals surface area contributed by atoms with Crippen molar-refractivity contribution in [2.75, 3.05) is 46.6 Å². The van der Waals surface area contributed by atoms with Gasteiger partial charge < -0.3 is 20.3 Å². The van der Waals surface area contributed by atoms with Crippen molar-refractivity contribution in [1.29, 1.82) is 0 Å². The Balaban J connectivity index is 1.74. The third-order valence-electron chi connectivity index (χ3n) is 4.40. The third kappa shape index (κ3) is 3.64. The van der Waals surface area contributed by atoms with Crippen molar-refractivity contribution in [3.05, 3.63) is 24.3 Å². The fourth-order valence-electron chi connectivity index (χ4n) is 2.84. The Kier molecular flexibility index (Phi) is 4.89. The Morgan fingerprint density at radius 2 is 2.00 bits per heavy atom. The molecular formula is C16H27N3O. The van der Waals surface area contributed by atoms with Crippen LogP contribution in [0.25, 0.3) is 0 Å². The van der Waals surface area contributed by atoms with Gasteiger partial charge in [0.15, 0.2) is 0 Å². The molecule has 0 heterocycles. The molecule has 0 radical (unpaired) electrons. The van der Waals surface area contributed by atoms with Crippen LogP contribution in [0.3, 0.4) is 0 Å². The number of hydrogen-bond acceptors (Lipinski definition) is 4. The van der Waals surface area contributed by atoms with Gasteiger partial charge in [0.2, 0.25) is 0 Å². The molecule has 1 aromatic rings. The summed E-state index contributed by atoms with van der Waals surface area (Å²) in [6.45, 7) is 2.74. The molecule has 0 amide bonds. The van der Waals surface area contributed by atoms with E-state index in [2.05, 4.69) is 30.9 Å². The summed E-state index contributed by atoms with van der Waals surface area (Å²) in [5, 5.41) is 0. The number of likely N-dealkylation sites (N-methyl/N-ethyl adjacent to an activating group) is 2. The van der Waals surface area contributed by atoms with Gasteiger partial charge in [0, 0.05) is 30.4 Å². The fraction of sp³-hybridized carbons (Fsp3) is 0.625. The lowest BCUT2D eigenvalue weighted by Crippen LogP contribution is -2.57. The molecule has 4 nitrogen and oxygen atoms in total. The van der Waals surface area contributed by atoms with Crippen molar-refractivity contribution in [2.45, 2.75) is 24.8 Å². The maximum absolute atomic E-state index is 5.75. The van der Waals surface area contributed by atoms with Crippen LogP contribution in [0.4, 0.5) is 5.69 Å². The lowest BCUT2D eigenvalue weighted by Gasteiger charge is -2.49. The van der Waals surface area contributed by atoms with Crippen LogP contribution in [0.15, 0.2) is 24.3 Å². The lowest BCUT2D eigenvalue weighted by molar-refractivity contribution is 0.0250. The fourth-order valence-corrected chi connectivity index (χ4v) is 2.84. The Labute approximate surface area is 122 Å². The number of nitrogens with zero attached hydrogens (tertiary/aromatic N) is 2. The zero-order chi connectivity index (χ0) is 14.6. The van der Waals surface area contributed by atoms with E-state index in [0.717, 1.165) is 24.5 Å².